The van der Waals surface area contributed by atoms with E-state index < -0.39 is 33.2 Å². The van der Waals surface area contributed by atoms with Gasteiger partial charge in [0.25, 0.3) is 11.6 Å². The van der Waals surface area contributed by atoms with Crippen LogP contribution in [0.4, 0.5) is 15.8 Å². The van der Waals surface area contributed by atoms with Crippen molar-refractivity contribution in [3.63, 3.8) is 0 Å². The number of sulfonamides is 1. The average Bonchev–Trinajstić information content (AvgIpc) is 2.59. The summed E-state index contributed by atoms with van der Waals surface area (Å²) < 4.78 is 37.9. The first kappa shape index (κ1) is 20.0. The summed E-state index contributed by atoms with van der Waals surface area (Å²) in [7, 11) is -3.86. The highest BCUT2D eigenvalue weighted by Crippen LogP contribution is 2.18. The maximum atomic E-state index is 13.3. The normalized spacial score (nSPS) is 11.3. The zero-order chi connectivity index (χ0) is 20.0. The summed E-state index contributed by atoms with van der Waals surface area (Å²) in [5.74, 6) is -1.46. The van der Waals surface area contributed by atoms with E-state index in [4.69, 9.17) is 0 Å². The number of hydrogen-bond donors (Lipinski definition) is 1. The first-order valence-electron chi connectivity index (χ1n) is 7.47. The van der Waals surface area contributed by atoms with Gasteiger partial charge in [-0.2, -0.15) is 5.10 Å². The number of carbonyl (C=O) groups is 1. The molecule has 0 heterocycles. The number of benzene rings is 2. The number of hydrazone groups is 1. The highest BCUT2D eigenvalue weighted by molar-refractivity contribution is 7.92. The summed E-state index contributed by atoms with van der Waals surface area (Å²) in [5, 5.41) is 14.5. The van der Waals surface area contributed by atoms with Gasteiger partial charge in [-0.05, 0) is 24.3 Å². The molecule has 27 heavy (non-hydrogen) atoms. The van der Waals surface area contributed by atoms with Crippen molar-refractivity contribution in [3.8, 4) is 0 Å². The predicted octanol–water partition coefficient (Wildman–Crippen LogP) is 1.65. The first-order chi connectivity index (χ1) is 12.7. The molecule has 2 rings (SSSR count). The van der Waals surface area contributed by atoms with Crippen molar-refractivity contribution in [2.24, 2.45) is 5.10 Å². The zero-order valence-corrected chi connectivity index (χ0v) is 14.9. The van der Waals surface area contributed by atoms with E-state index in [9.17, 15) is 27.7 Å². The maximum absolute atomic E-state index is 13.3. The second-order valence-electron chi connectivity index (χ2n) is 5.36. The second-order valence-corrected chi connectivity index (χ2v) is 7.27. The third-order valence-corrected chi connectivity index (χ3v) is 4.45. The molecular weight excluding hydrogens is 379 g/mol. The predicted molar refractivity (Wildman–Crippen MR) is 97.4 cm³/mol. The Morgan fingerprint density at radius 3 is 2.63 bits per heavy atom. The van der Waals surface area contributed by atoms with Gasteiger partial charge in [0.05, 0.1) is 28.6 Å². The van der Waals surface area contributed by atoms with Crippen LogP contribution >= 0.6 is 0 Å². The number of amides is 1. The van der Waals surface area contributed by atoms with Gasteiger partial charge >= 0.3 is 0 Å². The lowest BCUT2D eigenvalue weighted by atomic mass is 10.2. The van der Waals surface area contributed by atoms with Gasteiger partial charge in [-0.3, -0.25) is 19.2 Å². The Labute approximate surface area is 154 Å². The number of para-hydroxylation sites is 1. The monoisotopic (exact) mass is 394 g/mol. The molecule has 0 fully saturated rings. The van der Waals surface area contributed by atoms with Crippen LogP contribution in [0.5, 0.6) is 0 Å². The molecule has 0 radical (unpaired) electrons. The van der Waals surface area contributed by atoms with Gasteiger partial charge in [0, 0.05) is 6.07 Å². The lowest BCUT2D eigenvalue weighted by Gasteiger charge is -2.21. The van der Waals surface area contributed by atoms with Crippen molar-refractivity contribution >= 4 is 33.5 Å². The highest BCUT2D eigenvalue weighted by atomic mass is 32.2. The molecule has 0 spiro atoms. The van der Waals surface area contributed by atoms with E-state index >= 15 is 0 Å². The summed E-state index contributed by atoms with van der Waals surface area (Å²) >= 11 is 0. The molecule has 0 aliphatic rings. The van der Waals surface area contributed by atoms with Crippen molar-refractivity contribution in [2.75, 3.05) is 17.1 Å². The Morgan fingerprint density at radius 1 is 1.30 bits per heavy atom. The highest BCUT2D eigenvalue weighted by Gasteiger charge is 2.21. The van der Waals surface area contributed by atoms with E-state index in [1.807, 2.05) is 0 Å². The summed E-state index contributed by atoms with van der Waals surface area (Å²) in [6.45, 7) is -0.642. The minimum absolute atomic E-state index is 0.0182. The largest absolute Gasteiger partial charge is 0.278 e. The number of nitro groups is 1. The number of carbonyl (C=O) groups excluding carboxylic acids is 1. The van der Waals surface area contributed by atoms with E-state index in [-0.39, 0.29) is 16.9 Å². The van der Waals surface area contributed by atoms with Gasteiger partial charge in [-0.15, -0.1) is 0 Å². The van der Waals surface area contributed by atoms with Gasteiger partial charge in [-0.1, -0.05) is 18.2 Å². The summed E-state index contributed by atoms with van der Waals surface area (Å²) in [6, 6.07) is 10.5. The van der Waals surface area contributed by atoms with Crippen LogP contribution in [0.1, 0.15) is 5.56 Å². The summed E-state index contributed by atoms with van der Waals surface area (Å²) in [6.07, 6.45) is 1.95. The quantitative estimate of drug-likeness (QED) is 0.435. The third kappa shape index (κ3) is 5.57. The van der Waals surface area contributed by atoms with Crippen LogP contribution < -0.4 is 9.73 Å². The molecular formula is C16H15FN4O5S. The van der Waals surface area contributed by atoms with E-state index in [1.165, 1.54) is 30.3 Å². The molecule has 11 heteroatoms. The van der Waals surface area contributed by atoms with Crippen LogP contribution in [0.25, 0.3) is 0 Å². The Hall–Kier alpha value is -3.34. The van der Waals surface area contributed by atoms with Crippen molar-refractivity contribution in [2.45, 2.75) is 0 Å². The van der Waals surface area contributed by atoms with E-state index in [2.05, 4.69) is 10.5 Å². The van der Waals surface area contributed by atoms with Gasteiger partial charge < -0.3 is 0 Å². The Morgan fingerprint density at radius 2 is 2.00 bits per heavy atom. The molecule has 9 nitrogen and oxygen atoms in total. The van der Waals surface area contributed by atoms with Gasteiger partial charge in [0.1, 0.15) is 12.4 Å². The number of nitro benzene ring substituents is 1. The van der Waals surface area contributed by atoms with Gasteiger partial charge in [0.15, 0.2) is 0 Å². The van der Waals surface area contributed by atoms with Crippen molar-refractivity contribution in [3.05, 3.63) is 70.0 Å². The fourth-order valence-electron chi connectivity index (χ4n) is 2.13. The molecule has 1 amide bonds. The number of rotatable bonds is 7. The van der Waals surface area contributed by atoms with Crippen LogP contribution in [-0.2, 0) is 14.8 Å². The molecule has 0 unspecified atom stereocenters. The molecule has 0 aliphatic heterocycles. The van der Waals surface area contributed by atoms with E-state index in [0.29, 0.717) is 4.31 Å². The third-order valence-electron chi connectivity index (χ3n) is 3.31. The number of hydrogen-bond acceptors (Lipinski definition) is 6. The molecule has 0 aliphatic carbocycles. The molecule has 0 atom stereocenters. The Kier molecular flexibility index (Phi) is 6.19. The van der Waals surface area contributed by atoms with Crippen LogP contribution in [0.15, 0.2) is 53.6 Å². The second kappa shape index (κ2) is 8.36. The van der Waals surface area contributed by atoms with Crippen molar-refractivity contribution < 1.29 is 22.5 Å². The molecule has 0 saturated heterocycles. The Bertz CT molecular complexity index is 994. The standard InChI is InChI=1S/C16H15FN4O5S/c1-27(25,26)20(14-7-4-6-13(17)9-14)11-16(22)19-18-10-12-5-2-3-8-15(12)21(23)24/h2-10H,11H2,1H3,(H,19,22)/b18-10-. The van der Waals surface area contributed by atoms with Crippen LogP contribution in [0.2, 0.25) is 0 Å². The van der Waals surface area contributed by atoms with Gasteiger partial charge in [-0.25, -0.2) is 18.2 Å². The zero-order valence-electron chi connectivity index (χ0n) is 14.1. The fraction of sp³-hybridized carbons (Fsp3) is 0.125. The molecule has 142 valence electrons. The SMILES string of the molecule is CS(=O)(=O)N(CC(=O)N/N=C\c1ccccc1[N+](=O)[O-])c1cccc(F)c1. The topological polar surface area (TPSA) is 122 Å². The summed E-state index contributed by atoms with van der Waals surface area (Å²) in [5.41, 5.74) is 2.03. The molecule has 1 N–H and O–H groups in total. The molecule has 2 aromatic carbocycles. The molecule has 0 aromatic heterocycles. The van der Waals surface area contributed by atoms with Crippen molar-refractivity contribution in [1.82, 2.24) is 5.43 Å². The van der Waals surface area contributed by atoms with Gasteiger partial charge in [0.2, 0.25) is 10.0 Å². The summed E-state index contributed by atoms with van der Waals surface area (Å²) in [4.78, 5) is 22.3. The minimum atomic E-state index is -3.86. The number of anilines is 1. The minimum Gasteiger partial charge on any atom is -0.271 e. The number of halogens is 1. The van der Waals surface area contributed by atoms with Crippen molar-refractivity contribution in [1.29, 1.82) is 0 Å². The first-order valence-corrected chi connectivity index (χ1v) is 9.32. The Balaban J connectivity index is 2.12. The van der Waals surface area contributed by atoms with Crippen LogP contribution in [0.3, 0.4) is 0 Å². The number of nitrogens with zero attached hydrogens (tertiary/aromatic N) is 3. The lowest BCUT2D eigenvalue weighted by Crippen LogP contribution is -2.39. The van der Waals surface area contributed by atoms with E-state index in [0.717, 1.165) is 24.6 Å². The average molecular weight is 394 g/mol. The molecule has 2 aromatic rings. The number of nitrogens with one attached hydrogen (secondary N) is 1. The lowest BCUT2D eigenvalue weighted by molar-refractivity contribution is -0.385. The molecule has 0 saturated carbocycles. The smallest absolute Gasteiger partial charge is 0.271 e. The van der Waals surface area contributed by atoms with E-state index in [1.54, 1.807) is 6.07 Å². The fourth-order valence-corrected chi connectivity index (χ4v) is 2.98. The van der Waals surface area contributed by atoms with Crippen LogP contribution in [0, 0.1) is 15.9 Å². The molecule has 0 bridgehead atoms. The maximum Gasteiger partial charge on any atom is 0.278 e. The van der Waals surface area contributed by atoms with Crippen LogP contribution in [-0.4, -0.2) is 38.3 Å².